The molecule has 1 saturated heterocycles. The number of hydrogen-bond acceptors (Lipinski definition) is 5. The molecule has 2 aliphatic rings. The molecule has 1 saturated carbocycles. The van der Waals surface area contributed by atoms with Crippen LogP contribution in [0.3, 0.4) is 0 Å². The third-order valence-electron chi connectivity index (χ3n) is 3.60. The first-order chi connectivity index (χ1) is 8.16. The van der Waals surface area contributed by atoms with Gasteiger partial charge >= 0.3 is 0 Å². The minimum absolute atomic E-state index is 0.106. The van der Waals surface area contributed by atoms with E-state index in [0.717, 1.165) is 19.3 Å². The fourth-order valence-corrected chi connectivity index (χ4v) is 2.98. The summed E-state index contributed by atoms with van der Waals surface area (Å²) in [6.07, 6.45) is 1.11. The number of rotatable bonds is 5. The third-order valence-corrected chi connectivity index (χ3v) is 4.17. The Morgan fingerprint density at radius 3 is 2.22 bits per heavy atom. The first-order valence-electron chi connectivity index (χ1n) is 6.36. The number of nitrogens with zero attached hydrogens (tertiary/aromatic N) is 1. The largest absolute Gasteiger partial charge is 0.360 e. The molecule has 0 aromatic heterocycles. The maximum atomic E-state index is 10.9. The summed E-state index contributed by atoms with van der Waals surface area (Å²) in [4.78, 5) is 2.29. The van der Waals surface area contributed by atoms with Gasteiger partial charge < -0.3 is 4.74 Å². The van der Waals surface area contributed by atoms with Crippen molar-refractivity contribution in [3.8, 4) is 0 Å². The molecule has 0 bridgehead atoms. The van der Waals surface area contributed by atoms with Crippen molar-refractivity contribution >= 4 is 10.1 Å². The van der Waals surface area contributed by atoms with Crippen LogP contribution in [0, 0.1) is 17.8 Å². The Hall–Kier alpha value is -0.170. The topological polar surface area (TPSA) is 55.8 Å². The molecule has 0 aromatic rings. The molecule has 1 heterocycles. The molecule has 106 valence electrons. The van der Waals surface area contributed by atoms with E-state index in [-0.39, 0.29) is 5.60 Å². The lowest BCUT2D eigenvalue weighted by molar-refractivity contribution is -0.0611. The predicted octanol–water partition coefficient (Wildman–Crippen LogP) is 0.913. The van der Waals surface area contributed by atoms with Crippen molar-refractivity contribution in [1.29, 1.82) is 0 Å². The molecule has 2 fully saturated rings. The van der Waals surface area contributed by atoms with Crippen LogP contribution in [0.5, 0.6) is 0 Å². The van der Waals surface area contributed by atoms with E-state index < -0.39 is 10.1 Å². The van der Waals surface area contributed by atoms with Gasteiger partial charge in [0.05, 0.1) is 25.2 Å². The maximum Gasteiger partial charge on any atom is 0.264 e. The van der Waals surface area contributed by atoms with E-state index in [1.165, 1.54) is 0 Å². The first-order valence-corrected chi connectivity index (χ1v) is 8.18. The number of fused-ring (bicyclic) bond motifs is 1. The SMILES string of the molecule is CC(C)(C)OCN1CC2C(COS(C)(=O)=O)C2C1. The van der Waals surface area contributed by atoms with Gasteiger partial charge in [0.1, 0.15) is 0 Å². The van der Waals surface area contributed by atoms with Gasteiger partial charge in [0.15, 0.2) is 0 Å². The van der Waals surface area contributed by atoms with E-state index in [1.807, 2.05) is 20.8 Å². The molecule has 0 amide bonds. The Labute approximate surface area is 110 Å². The molecule has 0 aromatic carbocycles. The molecule has 0 radical (unpaired) electrons. The zero-order valence-corrected chi connectivity index (χ0v) is 12.4. The lowest BCUT2D eigenvalue weighted by atomic mass is 10.2. The second kappa shape index (κ2) is 4.74. The summed E-state index contributed by atoms with van der Waals surface area (Å²) < 4.78 is 32.4. The number of hydrogen-bond donors (Lipinski definition) is 0. The molecular formula is C12H23NO4S. The standard InChI is InChI=1S/C12H23NO4S/c1-12(2,3)16-8-13-5-9-10(6-13)11(9)7-17-18(4,14)15/h9-11H,5-8H2,1-4H3. The van der Waals surface area contributed by atoms with Gasteiger partial charge in [-0.3, -0.25) is 9.08 Å². The van der Waals surface area contributed by atoms with Crippen LogP contribution in [0.1, 0.15) is 20.8 Å². The lowest BCUT2D eigenvalue weighted by Gasteiger charge is -2.25. The van der Waals surface area contributed by atoms with E-state index in [2.05, 4.69) is 4.90 Å². The quantitative estimate of drug-likeness (QED) is 0.699. The van der Waals surface area contributed by atoms with Gasteiger partial charge in [-0.05, 0) is 38.5 Å². The molecule has 5 nitrogen and oxygen atoms in total. The first kappa shape index (κ1) is 14.2. The van der Waals surface area contributed by atoms with Crippen LogP contribution in [0.25, 0.3) is 0 Å². The zero-order chi connectivity index (χ0) is 13.6. The normalized spacial score (nSPS) is 32.6. The Morgan fingerprint density at radius 2 is 1.78 bits per heavy atom. The van der Waals surface area contributed by atoms with Crippen molar-refractivity contribution < 1.29 is 17.3 Å². The second-order valence-corrected chi connectivity index (χ2v) is 8.05. The predicted molar refractivity (Wildman–Crippen MR) is 68.5 cm³/mol. The fraction of sp³-hybridized carbons (Fsp3) is 1.00. The summed E-state index contributed by atoms with van der Waals surface area (Å²) in [6.45, 7) is 9.15. The highest BCUT2D eigenvalue weighted by atomic mass is 32.2. The highest BCUT2D eigenvalue weighted by Gasteiger charge is 2.55. The van der Waals surface area contributed by atoms with E-state index in [1.54, 1.807) is 0 Å². The summed E-state index contributed by atoms with van der Waals surface area (Å²) in [6, 6.07) is 0. The van der Waals surface area contributed by atoms with Crippen molar-refractivity contribution in [2.75, 3.05) is 32.7 Å². The zero-order valence-electron chi connectivity index (χ0n) is 11.5. The highest BCUT2D eigenvalue weighted by molar-refractivity contribution is 7.85. The molecule has 6 heteroatoms. The Bertz CT molecular complexity index is 389. The van der Waals surface area contributed by atoms with E-state index >= 15 is 0 Å². The highest BCUT2D eigenvalue weighted by Crippen LogP contribution is 2.51. The van der Waals surface area contributed by atoms with Gasteiger partial charge in [0, 0.05) is 13.1 Å². The van der Waals surface area contributed by atoms with Crippen LogP contribution >= 0.6 is 0 Å². The van der Waals surface area contributed by atoms with Crippen LogP contribution in [-0.4, -0.2) is 51.6 Å². The molecule has 0 N–H and O–H groups in total. The van der Waals surface area contributed by atoms with Crippen LogP contribution in [0.2, 0.25) is 0 Å². The van der Waals surface area contributed by atoms with Gasteiger partial charge in [-0.15, -0.1) is 0 Å². The average molecular weight is 277 g/mol. The second-order valence-electron chi connectivity index (χ2n) is 6.40. The van der Waals surface area contributed by atoms with Gasteiger partial charge in [-0.1, -0.05) is 0 Å². The third kappa shape index (κ3) is 3.91. The Balaban J connectivity index is 1.67. The molecular weight excluding hydrogens is 254 g/mol. The van der Waals surface area contributed by atoms with E-state index in [0.29, 0.717) is 31.1 Å². The minimum atomic E-state index is -3.29. The summed E-state index contributed by atoms with van der Waals surface area (Å²) in [5, 5.41) is 0. The summed E-state index contributed by atoms with van der Waals surface area (Å²) in [5.41, 5.74) is -0.106. The molecule has 2 unspecified atom stereocenters. The van der Waals surface area contributed by atoms with Crippen LogP contribution in [-0.2, 0) is 19.0 Å². The van der Waals surface area contributed by atoms with Crippen LogP contribution in [0.4, 0.5) is 0 Å². The molecule has 2 atom stereocenters. The van der Waals surface area contributed by atoms with Crippen LogP contribution in [0.15, 0.2) is 0 Å². The van der Waals surface area contributed by atoms with Gasteiger partial charge in [-0.25, -0.2) is 0 Å². The minimum Gasteiger partial charge on any atom is -0.360 e. The lowest BCUT2D eigenvalue weighted by Crippen LogP contribution is -2.33. The fourth-order valence-electron chi connectivity index (χ4n) is 2.58. The molecule has 2 rings (SSSR count). The Morgan fingerprint density at radius 1 is 1.22 bits per heavy atom. The van der Waals surface area contributed by atoms with E-state index in [4.69, 9.17) is 8.92 Å². The molecule has 1 aliphatic heterocycles. The summed E-state index contributed by atoms with van der Waals surface area (Å²) >= 11 is 0. The van der Waals surface area contributed by atoms with E-state index in [9.17, 15) is 8.42 Å². The summed E-state index contributed by atoms with van der Waals surface area (Å²) in [5.74, 6) is 1.61. The van der Waals surface area contributed by atoms with Gasteiger partial charge in [-0.2, -0.15) is 8.42 Å². The van der Waals surface area contributed by atoms with Crippen molar-refractivity contribution in [3.63, 3.8) is 0 Å². The number of ether oxygens (including phenoxy) is 1. The number of likely N-dealkylation sites (tertiary alicyclic amines) is 1. The molecule has 0 spiro atoms. The summed E-state index contributed by atoms with van der Waals surface area (Å²) in [7, 11) is -3.29. The monoisotopic (exact) mass is 277 g/mol. The van der Waals surface area contributed by atoms with Gasteiger partial charge in [0.2, 0.25) is 0 Å². The van der Waals surface area contributed by atoms with Crippen molar-refractivity contribution in [3.05, 3.63) is 0 Å². The van der Waals surface area contributed by atoms with Crippen LogP contribution < -0.4 is 0 Å². The Kier molecular flexibility index (Phi) is 3.75. The van der Waals surface area contributed by atoms with Crippen molar-refractivity contribution in [1.82, 2.24) is 4.90 Å². The van der Waals surface area contributed by atoms with Crippen molar-refractivity contribution in [2.24, 2.45) is 17.8 Å². The average Bonchev–Trinajstić information content (AvgIpc) is 2.65. The van der Waals surface area contributed by atoms with Crippen molar-refractivity contribution in [2.45, 2.75) is 26.4 Å². The maximum absolute atomic E-state index is 10.9. The number of piperidine rings is 1. The van der Waals surface area contributed by atoms with Gasteiger partial charge in [0.25, 0.3) is 10.1 Å². The smallest absolute Gasteiger partial charge is 0.264 e. The molecule has 18 heavy (non-hydrogen) atoms. The molecule has 1 aliphatic carbocycles.